The summed E-state index contributed by atoms with van der Waals surface area (Å²) in [4.78, 5) is 23.0. The molecule has 2 amide bonds. The zero-order valence-corrected chi connectivity index (χ0v) is 16.7. The largest absolute Gasteiger partial charge is 0.346 e. The van der Waals surface area contributed by atoms with E-state index in [0.717, 1.165) is 40.0 Å². The van der Waals surface area contributed by atoms with Gasteiger partial charge in [-0.05, 0) is 47.4 Å². The second-order valence-electron chi connectivity index (χ2n) is 7.44. The number of urea groups is 1. The average Bonchev–Trinajstić information content (AvgIpc) is 3.45. The highest BCUT2D eigenvalue weighted by molar-refractivity contribution is 5.91. The van der Waals surface area contributed by atoms with E-state index in [4.69, 9.17) is 4.84 Å². The molecule has 1 N–H and O–H groups in total. The van der Waals surface area contributed by atoms with Crippen molar-refractivity contribution < 1.29 is 9.63 Å². The van der Waals surface area contributed by atoms with Crippen molar-refractivity contribution in [2.75, 3.05) is 11.9 Å². The molecule has 6 heteroatoms. The molecular formula is C24H22N4O2. The van der Waals surface area contributed by atoms with Crippen molar-refractivity contribution in [3.05, 3.63) is 90.4 Å². The van der Waals surface area contributed by atoms with E-state index in [0.29, 0.717) is 6.61 Å². The van der Waals surface area contributed by atoms with Crippen LogP contribution in [0.15, 0.2) is 79.3 Å². The fourth-order valence-electron chi connectivity index (χ4n) is 3.84. The fourth-order valence-corrected chi connectivity index (χ4v) is 3.84. The number of hydrogen-bond acceptors (Lipinski definition) is 3. The van der Waals surface area contributed by atoms with Gasteiger partial charge < -0.3 is 9.72 Å². The van der Waals surface area contributed by atoms with Gasteiger partial charge in [0.05, 0.1) is 12.6 Å². The van der Waals surface area contributed by atoms with Crippen LogP contribution in [0.4, 0.5) is 10.5 Å². The van der Waals surface area contributed by atoms with Gasteiger partial charge >= 0.3 is 6.03 Å². The van der Waals surface area contributed by atoms with Gasteiger partial charge in [-0.2, -0.15) is 5.06 Å². The first kappa shape index (κ1) is 18.4. The van der Waals surface area contributed by atoms with Crippen molar-refractivity contribution in [3.8, 4) is 11.1 Å². The van der Waals surface area contributed by atoms with Gasteiger partial charge in [0.1, 0.15) is 5.65 Å². The van der Waals surface area contributed by atoms with Gasteiger partial charge in [-0.15, -0.1) is 0 Å². The summed E-state index contributed by atoms with van der Waals surface area (Å²) in [6.45, 7) is 2.51. The molecule has 0 bridgehead atoms. The van der Waals surface area contributed by atoms with Crippen LogP contribution in [-0.4, -0.2) is 27.1 Å². The van der Waals surface area contributed by atoms with Gasteiger partial charge in [0, 0.05) is 30.7 Å². The molecule has 1 fully saturated rings. The first-order chi connectivity index (χ1) is 14.7. The number of nitrogens with one attached hydrogen (secondary N) is 1. The lowest BCUT2D eigenvalue weighted by Crippen LogP contribution is -2.33. The molecule has 1 saturated heterocycles. The number of pyridine rings is 1. The van der Waals surface area contributed by atoms with E-state index >= 15 is 0 Å². The van der Waals surface area contributed by atoms with Crippen molar-refractivity contribution in [3.63, 3.8) is 0 Å². The summed E-state index contributed by atoms with van der Waals surface area (Å²) < 4.78 is 1.98. The molecule has 1 atom stereocenters. The Morgan fingerprint density at radius 1 is 1.10 bits per heavy atom. The number of carbonyl (C=O) groups excluding carboxylic acids is 1. The zero-order valence-electron chi connectivity index (χ0n) is 16.7. The lowest BCUT2D eigenvalue weighted by molar-refractivity contribution is -0.0829. The Kier molecular flexibility index (Phi) is 4.69. The van der Waals surface area contributed by atoms with Crippen LogP contribution in [0.3, 0.4) is 0 Å². The Labute approximate surface area is 174 Å². The van der Waals surface area contributed by atoms with Crippen molar-refractivity contribution in [2.24, 2.45) is 0 Å². The summed E-state index contributed by atoms with van der Waals surface area (Å²) >= 11 is 0. The molecule has 2 aromatic heterocycles. The van der Waals surface area contributed by atoms with Gasteiger partial charge in [-0.3, -0.25) is 4.84 Å². The lowest BCUT2D eigenvalue weighted by atomic mass is 10.0. The summed E-state index contributed by atoms with van der Waals surface area (Å²) in [6.07, 6.45) is 6.51. The number of amides is 2. The van der Waals surface area contributed by atoms with E-state index in [9.17, 15) is 4.79 Å². The van der Waals surface area contributed by atoms with Crippen LogP contribution in [0, 0.1) is 6.92 Å². The number of fused-ring (bicyclic) bond motifs is 1. The maximum absolute atomic E-state index is 13.0. The molecule has 0 unspecified atom stereocenters. The van der Waals surface area contributed by atoms with Crippen molar-refractivity contribution in [1.82, 2.24) is 14.4 Å². The highest BCUT2D eigenvalue weighted by Gasteiger charge is 2.32. The summed E-state index contributed by atoms with van der Waals surface area (Å²) in [7, 11) is 0. The standard InChI is InChI=1S/C24H22N4O2/c1-17-7-8-19(20-9-10-23-25-12-13-27(23)16-20)15-21(17)26-24(29)28-22(11-14-30-28)18-5-3-2-4-6-18/h2-10,12-13,15-16,22H,11,14H2,1H3,(H,26,29)/t22-/m0/s1. The number of rotatable bonds is 3. The predicted octanol–water partition coefficient (Wildman–Crippen LogP) is 5.22. The first-order valence-electron chi connectivity index (χ1n) is 10.0. The maximum Gasteiger partial charge on any atom is 0.346 e. The molecule has 0 spiro atoms. The average molecular weight is 398 g/mol. The molecule has 6 nitrogen and oxygen atoms in total. The molecular weight excluding hydrogens is 376 g/mol. The number of benzene rings is 2. The third-order valence-corrected chi connectivity index (χ3v) is 5.49. The minimum absolute atomic E-state index is 0.0849. The molecule has 4 aromatic rings. The topological polar surface area (TPSA) is 58.9 Å². The molecule has 3 heterocycles. The third kappa shape index (κ3) is 3.42. The minimum Gasteiger partial charge on any atom is -0.306 e. The number of aromatic nitrogens is 2. The van der Waals surface area contributed by atoms with Gasteiger partial charge in [-0.25, -0.2) is 9.78 Å². The molecule has 30 heavy (non-hydrogen) atoms. The number of aryl methyl sites for hydroxylation is 1. The summed E-state index contributed by atoms with van der Waals surface area (Å²) in [5, 5.41) is 4.49. The monoisotopic (exact) mass is 398 g/mol. The summed E-state index contributed by atoms with van der Waals surface area (Å²) in [6, 6.07) is 19.7. The number of nitrogens with zero attached hydrogens (tertiary/aromatic N) is 3. The molecule has 0 saturated carbocycles. The quantitative estimate of drug-likeness (QED) is 0.515. The van der Waals surface area contributed by atoms with Crippen LogP contribution in [0.2, 0.25) is 0 Å². The van der Waals surface area contributed by atoms with Gasteiger partial charge in [0.2, 0.25) is 0 Å². The number of hydrogen-bond donors (Lipinski definition) is 1. The van der Waals surface area contributed by atoms with Crippen LogP contribution in [0.5, 0.6) is 0 Å². The number of anilines is 1. The van der Waals surface area contributed by atoms with E-state index in [1.807, 2.05) is 78.3 Å². The van der Waals surface area contributed by atoms with Crippen molar-refractivity contribution >= 4 is 17.4 Å². The second-order valence-corrected chi connectivity index (χ2v) is 7.44. The molecule has 2 aromatic carbocycles. The molecule has 0 radical (unpaired) electrons. The van der Waals surface area contributed by atoms with Crippen LogP contribution in [0.1, 0.15) is 23.6 Å². The van der Waals surface area contributed by atoms with Crippen LogP contribution in [-0.2, 0) is 4.84 Å². The van der Waals surface area contributed by atoms with Crippen LogP contribution < -0.4 is 5.32 Å². The minimum atomic E-state index is -0.258. The predicted molar refractivity (Wildman–Crippen MR) is 116 cm³/mol. The molecule has 0 aliphatic carbocycles. The van der Waals surface area contributed by atoms with Crippen LogP contribution in [0.25, 0.3) is 16.8 Å². The molecule has 5 rings (SSSR count). The summed E-state index contributed by atoms with van der Waals surface area (Å²) in [5.74, 6) is 0. The fraction of sp³-hybridized carbons (Fsp3) is 0.167. The van der Waals surface area contributed by atoms with E-state index in [1.54, 1.807) is 6.20 Å². The Bertz CT molecular complexity index is 1200. The third-order valence-electron chi connectivity index (χ3n) is 5.49. The Hall–Kier alpha value is -3.64. The normalized spacial score (nSPS) is 16.2. The number of imidazole rings is 1. The lowest BCUT2D eigenvalue weighted by Gasteiger charge is -2.23. The van der Waals surface area contributed by atoms with E-state index in [-0.39, 0.29) is 12.1 Å². The molecule has 150 valence electrons. The maximum atomic E-state index is 13.0. The zero-order chi connectivity index (χ0) is 20.5. The Morgan fingerprint density at radius 3 is 2.80 bits per heavy atom. The van der Waals surface area contributed by atoms with Gasteiger partial charge in [0.15, 0.2) is 0 Å². The molecule has 1 aliphatic heterocycles. The van der Waals surface area contributed by atoms with E-state index in [2.05, 4.69) is 16.4 Å². The van der Waals surface area contributed by atoms with Crippen LogP contribution >= 0.6 is 0 Å². The van der Waals surface area contributed by atoms with Gasteiger partial charge in [-0.1, -0.05) is 42.5 Å². The highest BCUT2D eigenvalue weighted by atomic mass is 16.7. The smallest absolute Gasteiger partial charge is 0.306 e. The van der Waals surface area contributed by atoms with E-state index < -0.39 is 0 Å². The Morgan fingerprint density at radius 2 is 1.93 bits per heavy atom. The van der Waals surface area contributed by atoms with E-state index in [1.165, 1.54) is 5.06 Å². The number of carbonyl (C=O) groups is 1. The summed E-state index contributed by atoms with van der Waals surface area (Å²) in [5.41, 5.74) is 5.81. The van der Waals surface area contributed by atoms with Crippen molar-refractivity contribution in [1.29, 1.82) is 0 Å². The van der Waals surface area contributed by atoms with Gasteiger partial charge in [0.25, 0.3) is 0 Å². The Balaban J connectivity index is 1.40. The number of hydroxylamine groups is 2. The SMILES string of the molecule is Cc1ccc(-c2ccc3nccn3c2)cc1NC(=O)N1OCC[C@H]1c1ccccc1. The highest BCUT2D eigenvalue weighted by Crippen LogP contribution is 2.32. The first-order valence-corrected chi connectivity index (χ1v) is 10.0. The second kappa shape index (κ2) is 7.65. The van der Waals surface area contributed by atoms with Crippen molar-refractivity contribution in [2.45, 2.75) is 19.4 Å². The molecule has 1 aliphatic rings.